The van der Waals surface area contributed by atoms with Crippen LogP contribution in [0.1, 0.15) is 35.6 Å². The van der Waals surface area contributed by atoms with Crippen molar-refractivity contribution < 1.29 is 14.3 Å². The number of rotatable bonds is 4. The van der Waals surface area contributed by atoms with Crippen molar-refractivity contribution in [3.8, 4) is 5.69 Å². The standard InChI is InChI=1S/C16H18N2O3/c1-10-15(16(20)21-13(4)12(3)19)11(2)18(17-10)14-8-6-5-7-9-14/h5-9,13H,1-4H3/t13-/m0/s1. The summed E-state index contributed by atoms with van der Waals surface area (Å²) < 4.78 is 6.87. The molecule has 1 heterocycles. The van der Waals surface area contributed by atoms with Crippen LogP contribution >= 0.6 is 0 Å². The quantitative estimate of drug-likeness (QED) is 0.811. The fourth-order valence-electron chi connectivity index (χ4n) is 2.06. The number of hydrogen-bond acceptors (Lipinski definition) is 4. The van der Waals surface area contributed by atoms with Crippen molar-refractivity contribution >= 4 is 11.8 Å². The summed E-state index contributed by atoms with van der Waals surface area (Å²) in [6.45, 7) is 6.51. The number of esters is 1. The zero-order chi connectivity index (χ0) is 15.6. The summed E-state index contributed by atoms with van der Waals surface area (Å²) in [7, 11) is 0. The summed E-state index contributed by atoms with van der Waals surface area (Å²) >= 11 is 0. The van der Waals surface area contributed by atoms with Crippen LogP contribution in [0.4, 0.5) is 0 Å². The van der Waals surface area contributed by atoms with E-state index in [4.69, 9.17) is 4.74 Å². The van der Waals surface area contributed by atoms with Gasteiger partial charge in [-0.2, -0.15) is 5.10 Å². The van der Waals surface area contributed by atoms with Gasteiger partial charge in [-0.1, -0.05) is 18.2 Å². The van der Waals surface area contributed by atoms with Crippen molar-refractivity contribution in [1.82, 2.24) is 9.78 Å². The number of ketones is 1. The van der Waals surface area contributed by atoms with E-state index < -0.39 is 12.1 Å². The molecule has 0 N–H and O–H groups in total. The summed E-state index contributed by atoms with van der Waals surface area (Å²) in [5.41, 5.74) is 2.56. The molecule has 0 saturated carbocycles. The van der Waals surface area contributed by atoms with Crippen molar-refractivity contribution in [2.24, 2.45) is 0 Å². The molecule has 2 rings (SSSR count). The topological polar surface area (TPSA) is 61.2 Å². The van der Waals surface area contributed by atoms with Crippen LogP contribution < -0.4 is 0 Å². The van der Waals surface area contributed by atoms with Gasteiger partial charge in [0, 0.05) is 0 Å². The van der Waals surface area contributed by atoms with Crippen LogP contribution in [0.15, 0.2) is 30.3 Å². The molecule has 5 heteroatoms. The van der Waals surface area contributed by atoms with E-state index in [-0.39, 0.29) is 5.78 Å². The lowest BCUT2D eigenvalue weighted by atomic mass is 10.2. The van der Waals surface area contributed by atoms with Gasteiger partial charge >= 0.3 is 5.97 Å². The van der Waals surface area contributed by atoms with Gasteiger partial charge in [0.05, 0.1) is 17.1 Å². The Morgan fingerprint density at radius 1 is 1.19 bits per heavy atom. The van der Waals surface area contributed by atoms with Gasteiger partial charge in [-0.25, -0.2) is 9.48 Å². The van der Waals surface area contributed by atoms with Gasteiger partial charge in [-0.05, 0) is 39.8 Å². The highest BCUT2D eigenvalue weighted by atomic mass is 16.5. The molecule has 0 bridgehead atoms. The van der Waals surface area contributed by atoms with Crippen LogP contribution in [0, 0.1) is 13.8 Å². The Morgan fingerprint density at radius 2 is 1.81 bits per heavy atom. The van der Waals surface area contributed by atoms with Crippen LogP contribution in [0.25, 0.3) is 5.69 Å². The Bertz CT molecular complexity index is 674. The molecule has 0 aliphatic heterocycles. The van der Waals surface area contributed by atoms with E-state index in [2.05, 4.69) is 5.10 Å². The minimum atomic E-state index is -0.753. The lowest BCUT2D eigenvalue weighted by Gasteiger charge is -2.10. The third-order valence-electron chi connectivity index (χ3n) is 3.35. The first-order chi connectivity index (χ1) is 9.91. The highest BCUT2D eigenvalue weighted by Gasteiger charge is 2.23. The molecule has 5 nitrogen and oxygen atoms in total. The average molecular weight is 286 g/mol. The largest absolute Gasteiger partial charge is 0.451 e. The summed E-state index contributed by atoms with van der Waals surface area (Å²) in [6.07, 6.45) is -0.753. The Labute approximate surface area is 123 Å². The normalized spacial score (nSPS) is 12.0. The third kappa shape index (κ3) is 3.02. The molecule has 0 amide bonds. The number of carbonyl (C=O) groups excluding carboxylic acids is 2. The Hall–Kier alpha value is -2.43. The van der Waals surface area contributed by atoms with E-state index in [1.54, 1.807) is 18.5 Å². The summed E-state index contributed by atoms with van der Waals surface area (Å²) in [5.74, 6) is -0.705. The van der Waals surface area contributed by atoms with E-state index in [1.807, 2.05) is 37.3 Å². The Balaban J connectivity index is 2.36. The molecule has 0 radical (unpaired) electrons. The van der Waals surface area contributed by atoms with Crippen molar-refractivity contribution in [1.29, 1.82) is 0 Å². The summed E-state index contributed by atoms with van der Waals surface area (Å²) in [4.78, 5) is 23.4. The van der Waals surface area contributed by atoms with Crippen LogP contribution in [-0.2, 0) is 9.53 Å². The zero-order valence-corrected chi connectivity index (χ0v) is 12.6. The van der Waals surface area contributed by atoms with E-state index in [9.17, 15) is 9.59 Å². The fraction of sp³-hybridized carbons (Fsp3) is 0.312. The first-order valence-corrected chi connectivity index (χ1v) is 6.75. The fourth-order valence-corrected chi connectivity index (χ4v) is 2.06. The number of carbonyl (C=O) groups is 2. The summed E-state index contributed by atoms with van der Waals surface area (Å²) in [5, 5.41) is 4.38. The smallest absolute Gasteiger partial charge is 0.342 e. The molecule has 1 aromatic heterocycles. The molecule has 0 unspecified atom stereocenters. The van der Waals surface area contributed by atoms with Gasteiger partial charge in [0.1, 0.15) is 5.56 Å². The molecular weight excluding hydrogens is 268 g/mol. The zero-order valence-electron chi connectivity index (χ0n) is 12.6. The van der Waals surface area contributed by atoms with Gasteiger partial charge in [0.25, 0.3) is 0 Å². The number of aryl methyl sites for hydroxylation is 1. The number of Topliss-reactive ketones (excluding diaryl/α,β-unsaturated/α-hetero) is 1. The van der Waals surface area contributed by atoms with Gasteiger partial charge in [0.2, 0.25) is 0 Å². The average Bonchev–Trinajstić information content (AvgIpc) is 2.74. The molecule has 1 atom stereocenters. The SMILES string of the molecule is CC(=O)[C@H](C)OC(=O)c1c(C)nn(-c2ccccc2)c1C. The molecule has 0 fully saturated rings. The lowest BCUT2D eigenvalue weighted by Crippen LogP contribution is -2.22. The number of benzene rings is 1. The predicted molar refractivity (Wildman–Crippen MR) is 78.6 cm³/mol. The number of hydrogen-bond donors (Lipinski definition) is 0. The van der Waals surface area contributed by atoms with Crippen molar-refractivity contribution in [3.05, 3.63) is 47.3 Å². The first kappa shape index (κ1) is 15.0. The number of ether oxygens (including phenoxy) is 1. The molecule has 0 spiro atoms. The summed E-state index contributed by atoms with van der Waals surface area (Å²) in [6, 6.07) is 9.54. The first-order valence-electron chi connectivity index (χ1n) is 6.75. The van der Waals surface area contributed by atoms with Gasteiger partial charge in [-0.3, -0.25) is 4.79 Å². The Kier molecular flexibility index (Phi) is 4.21. The molecule has 21 heavy (non-hydrogen) atoms. The molecule has 110 valence electrons. The third-order valence-corrected chi connectivity index (χ3v) is 3.35. The van der Waals surface area contributed by atoms with E-state index in [1.165, 1.54) is 6.92 Å². The monoisotopic (exact) mass is 286 g/mol. The molecule has 2 aromatic rings. The maximum absolute atomic E-state index is 12.2. The Morgan fingerprint density at radius 3 is 2.38 bits per heavy atom. The van der Waals surface area contributed by atoms with Crippen molar-refractivity contribution in [2.45, 2.75) is 33.8 Å². The molecule has 1 aromatic carbocycles. The highest BCUT2D eigenvalue weighted by Crippen LogP contribution is 2.19. The van der Waals surface area contributed by atoms with E-state index in [0.29, 0.717) is 17.0 Å². The van der Waals surface area contributed by atoms with Crippen LogP contribution in [0.5, 0.6) is 0 Å². The van der Waals surface area contributed by atoms with Crippen LogP contribution in [-0.4, -0.2) is 27.6 Å². The maximum atomic E-state index is 12.2. The highest BCUT2D eigenvalue weighted by molar-refractivity contribution is 5.94. The molecular formula is C16H18N2O3. The van der Waals surface area contributed by atoms with Gasteiger partial charge < -0.3 is 4.74 Å². The van der Waals surface area contributed by atoms with Crippen LogP contribution in [0.3, 0.4) is 0 Å². The van der Waals surface area contributed by atoms with Crippen LogP contribution in [0.2, 0.25) is 0 Å². The van der Waals surface area contributed by atoms with E-state index in [0.717, 1.165) is 5.69 Å². The molecule has 0 saturated heterocycles. The number of aromatic nitrogens is 2. The minimum Gasteiger partial charge on any atom is -0.451 e. The van der Waals surface area contributed by atoms with Crippen molar-refractivity contribution in [2.75, 3.05) is 0 Å². The maximum Gasteiger partial charge on any atom is 0.342 e. The minimum absolute atomic E-state index is 0.186. The lowest BCUT2D eigenvalue weighted by molar-refractivity contribution is -0.124. The molecule has 0 aliphatic rings. The second kappa shape index (κ2) is 5.91. The second-order valence-corrected chi connectivity index (χ2v) is 4.95. The predicted octanol–water partition coefficient (Wildman–Crippen LogP) is 2.62. The number of para-hydroxylation sites is 1. The van der Waals surface area contributed by atoms with E-state index >= 15 is 0 Å². The molecule has 0 aliphatic carbocycles. The van der Waals surface area contributed by atoms with Crippen molar-refractivity contribution in [3.63, 3.8) is 0 Å². The van der Waals surface area contributed by atoms with Gasteiger partial charge in [0.15, 0.2) is 11.9 Å². The number of nitrogens with zero attached hydrogens (tertiary/aromatic N) is 2. The van der Waals surface area contributed by atoms with Gasteiger partial charge in [-0.15, -0.1) is 0 Å². The second-order valence-electron chi connectivity index (χ2n) is 4.95.